The van der Waals surface area contributed by atoms with Gasteiger partial charge in [0.05, 0.1) is 29.8 Å². The summed E-state index contributed by atoms with van der Waals surface area (Å²) in [5.74, 6) is -0.983. The summed E-state index contributed by atoms with van der Waals surface area (Å²) in [5.41, 5.74) is 0.580. The number of fused-ring (bicyclic) bond motifs is 1. The minimum atomic E-state index is -0.405. The largest absolute Gasteiger partial charge is 0.378 e. The van der Waals surface area contributed by atoms with Crippen LogP contribution in [0.5, 0.6) is 0 Å². The molecule has 4 rings (SSSR count). The van der Waals surface area contributed by atoms with Crippen molar-refractivity contribution < 1.29 is 18.7 Å². The van der Waals surface area contributed by atoms with Crippen LogP contribution in [-0.2, 0) is 16.1 Å². The lowest BCUT2D eigenvalue weighted by atomic mass is 10.2. The van der Waals surface area contributed by atoms with Crippen molar-refractivity contribution in [1.29, 1.82) is 0 Å². The Kier molecular flexibility index (Phi) is 5.60. The molecule has 0 saturated carbocycles. The zero-order chi connectivity index (χ0) is 21.3. The van der Waals surface area contributed by atoms with E-state index in [9.17, 15) is 18.8 Å². The topological polar surface area (TPSA) is 93.5 Å². The number of rotatable bonds is 4. The molecule has 1 saturated heterocycles. The minimum Gasteiger partial charge on any atom is -0.378 e. The summed E-state index contributed by atoms with van der Waals surface area (Å²) < 4.78 is 19.6. The molecule has 2 aromatic heterocycles. The monoisotopic (exact) mass is 430 g/mol. The first-order chi connectivity index (χ1) is 14.4. The maximum absolute atomic E-state index is 13.1. The molecular formula is C20H19FN4O4S. The molecule has 0 atom stereocenters. The molecule has 0 unspecified atom stereocenters. The van der Waals surface area contributed by atoms with E-state index in [1.807, 2.05) is 0 Å². The van der Waals surface area contributed by atoms with Crippen molar-refractivity contribution in [3.05, 3.63) is 57.2 Å². The molecule has 0 bridgehead atoms. The minimum absolute atomic E-state index is 0.117. The summed E-state index contributed by atoms with van der Waals surface area (Å²) in [6.45, 7) is 3.51. The number of morpholine rings is 1. The number of hydrogen-bond acceptors (Lipinski definition) is 6. The number of aromatic nitrogens is 2. The van der Waals surface area contributed by atoms with E-state index >= 15 is 0 Å². The van der Waals surface area contributed by atoms with Crippen molar-refractivity contribution in [2.75, 3.05) is 31.6 Å². The molecule has 156 valence electrons. The predicted molar refractivity (Wildman–Crippen MR) is 110 cm³/mol. The molecule has 8 nitrogen and oxygen atoms in total. The van der Waals surface area contributed by atoms with Gasteiger partial charge in [-0.05, 0) is 36.8 Å². The van der Waals surface area contributed by atoms with Crippen LogP contribution in [0, 0.1) is 12.7 Å². The van der Waals surface area contributed by atoms with Crippen molar-refractivity contribution in [2.24, 2.45) is 0 Å². The van der Waals surface area contributed by atoms with Crippen LogP contribution >= 0.6 is 11.3 Å². The molecule has 0 radical (unpaired) electrons. The van der Waals surface area contributed by atoms with E-state index < -0.39 is 11.7 Å². The summed E-state index contributed by atoms with van der Waals surface area (Å²) >= 11 is 1.10. The first-order valence-electron chi connectivity index (χ1n) is 9.35. The highest BCUT2D eigenvalue weighted by Crippen LogP contribution is 2.27. The number of thiophene rings is 1. The first kappa shape index (κ1) is 20.2. The fourth-order valence-electron chi connectivity index (χ4n) is 3.27. The number of ether oxygens (including phenoxy) is 1. The lowest BCUT2D eigenvalue weighted by Gasteiger charge is -2.26. The molecule has 10 heteroatoms. The van der Waals surface area contributed by atoms with Gasteiger partial charge in [0, 0.05) is 18.8 Å². The molecule has 1 aliphatic heterocycles. The highest BCUT2D eigenvalue weighted by atomic mass is 32.1. The molecule has 2 amide bonds. The number of hydrogen-bond donors (Lipinski definition) is 1. The second-order valence-corrected chi connectivity index (χ2v) is 7.87. The molecule has 3 heterocycles. The standard InChI is InChI=1S/C20H19FN4O4S/c1-12-16-19(30-17(12)18(27)23-14-4-2-13(21)3-5-14)22-11-25(20(16)28)10-15(26)24-6-8-29-9-7-24/h2-5,11H,6-10H2,1H3,(H,23,27). The summed E-state index contributed by atoms with van der Waals surface area (Å²) in [5, 5.41) is 3.01. The molecule has 3 aromatic rings. The van der Waals surface area contributed by atoms with E-state index in [1.165, 1.54) is 35.2 Å². The van der Waals surface area contributed by atoms with E-state index in [0.29, 0.717) is 52.6 Å². The lowest BCUT2D eigenvalue weighted by Crippen LogP contribution is -2.43. The average molecular weight is 430 g/mol. The van der Waals surface area contributed by atoms with Crippen molar-refractivity contribution in [2.45, 2.75) is 13.5 Å². The smallest absolute Gasteiger partial charge is 0.266 e. The Bertz CT molecular complexity index is 1170. The fraction of sp³-hybridized carbons (Fsp3) is 0.300. The second-order valence-electron chi connectivity index (χ2n) is 6.87. The second kappa shape index (κ2) is 8.33. The molecule has 1 N–H and O–H groups in total. The number of amides is 2. The number of benzene rings is 1. The summed E-state index contributed by atoms with van der Waals surface area (Å²) in [7, 11) is 0. The number of aryl methyl sites for hydroxylation is 1. The van der Waals surface area contributed by atoms with Crippen LogP contribution in [0.4, 0.5) is 10.1 Å². The molecule has 0 aliphatic carbocycles. The van der Waals surface area contributed by atoms with Crippen LogP contribution in [0.2, 0.25) is 0 Å². The molecule has 1 aliphatic rings. The highest BCUT2D eigenvalue weighted by molar-refractivity contribution is 7.20. The molecule has 0 spiro atoms. The van der Waals surface area contributed by atoms with Crippen molar-refractivity contribution in [1.82, 2.24) is 14.5 Å². The van der Waals surface area contributed by atoms with E-state index in [-0.39, 0.29) is 18.0 Å². The predicted octanol–water partition coefficient (Wildman–Crippen LogP) is 2.02. The number of anilines is 1. The Labute approximate surface area is 174 Å². The van der Waals surface area contributed by atoms with Crippen LogP contribution in [0.25, 0.3) is 10.2 Å². The SMILES string of the molecule is Cc1c(C(=O)Nc2ccc(F)cc2)sc2ncn(CC(=O)N3CCOCC3)c(=O)c12. The van der Waals surface area contributed by atoms with Gasteiger partial charge in [0.25, 0.3) is 11.5 Å². The zero-order valence-electron chi connectivity index (χ0n) is 16.2. The van der Waals surface area contributed by atoms with Crippen LogP contribution < -0.4 is 10.9 Å². The Morgan fingerprint density at radius 3 is 2.63 bits per heavy atom. The van der Waals surface area contributed by atoms with Gasteiger partial charge in [-0.1, -0.05) is 0 Å². The Morgan fingerprint density at radius 2 is 1.93 bits per heavy atom. The van der Waals surface area contributed by atoms with Gasteiger partial charge in [0.15, 0.2) is 0 Å². The van der Waals surface area contributed by atoms with Crippen LogP contribution in [0.1, 0.15) is 15.2 Å². The summed E-state index contributed by atoms with van der Waals surface area (Å²) in [6, 6.07) is 5.41. The number of carbonyl (C=O) groups is 2. The van der Waals surface area contributed by atoms with Crippen LogP contribution in [-0.4, -0.2) is 52.6 Å². The average Bonchev–Trinajstić information content (AvgIpc) is 3.09. The van der Waals surface area contributed by atoms with E-state index in [2.05, 4.69) is 10.3 Å². The zero-order valence-corrected chi connectivity index (χ0v) is 17.0. The Balaban J connectivity index is 1.59. The first-order valence-corrected chi connectivity index (χ1v) is 10.2. The third-order valence-electron chi connectivity index (χ3n) is 4.90. The van der Waals surface area contributed by atoms with Gasteiger partial charge in [-0.3, -0.25) is 19.0 Å². The molecule has 1 fully saturated rings. The molecule has 1 aromatic carbocycles. The number of carbonyl (C=O) groups excluding carboxylic acids is 2. The fourth-order valence-corrected chi connectivity index (χ4v) is 4.30. The number of nitrogens with one attached hydrogen (secondary N) is 1. The molecule has 30 heavy (non-hydrogen) atoms. The van der Waals surface area contributed by atoms with Crippen LogP contribution in [0.3, 0.4) is 0 Å². The van der Waals surface area contributed by atoms with E-state index in [4.69, 9.17) is 4.74 Å². The van der Waals surface area contributed by atoms with Gasteiger partial charge in [0.1, 0.15) is 17.2 Å². The number of halogens is 1. The highest BCUT2D eigenvalue weighted by Gasteiger charge is 2.22. The number of nitrogens with zero attached hydrogens (tertiary/aromatic N) is 3. The normalized spacial score (nSPS) is 14.1. The van der Waals surface area contributed by atoms with Gasteiger partial charge >= 0.3 is 0 Å². The van der Waals surface area contributed by atoms with E-state index in [0.717, 1.165) is 11.3 Å². The lowest BCUT2D eigenvalue weighted by molar-refractivity contribution is -0.135. The van der Waals surface area contributed by atoms with Gasteiger partial charge < -0.3 is 15.0 Å². The third-order valence-corrected chi connectivity index (χ3v) is 6.09. The van der Waals surface area contributed by atoms with Gasteiger partial charge in [-0.2, -0.15) is 0 Å². The van der Waals surface area contributed by atoms with Gasteiger partial charge in [-0.15, -0.1) is 11.3 Å². The third kappa shape index (κ3) is 3.96. The molecular weight excluding hydrogens is 411 g/mol. The Morgan fingerprint density at radius 1 is 1.23 bits per heavy atom. The van der Waals surface area contributed by atoms with Crippen LogP contribution in [0.15, 0.2) is 35.4 Å². The van der Waals surface area contributed by atoms with Crippen molar-refractivity contribution in [3.63, 3.8) is 0 Å². The quantitative estimate of drug-likeness (QED) is 0.684. The maximum atomic E-state index is 13.1. The van der Waals surface area contributed by atoms with E-state index in [1.54, 1.807) is 11.8 Å². The Hall–Kier alpha value is -3.11. The summed E-state index contributed by atoms with van der Waals surface area (Å²) in [4.78, 5) is 44.8. The van der Waals surface area contributed by atoms with Crippen molar-refractivity contribution >= 4 is 39.1 Å². The van der Waals surface area contributed by atoms with Crippen molar-refractivity contribution in [3.8, 4) is 0 Å². The van der Waals surface area contributed by atoms with Gasteiger partial charge in [-0.25, -0.2) is 9.37 Å². The maximum Gasteiger partial charge on any atom is 0.266 e. The van der Waals surface area contributed by atoms with Gasteiger partial charge in [0.2, 0.25) is 5.91 Å². The summed E-state index contributed by atoms with van der Waals surface area (Å²) in [6.07, 6.45) is 1.33.